The molecule has 0 aliphatic heterocycles. The number of carboxylic acid groups (broad SMARTS) is 1. The van der Waals surface area contributed by atoms with Crippen LogP contribution in [0.4, 0.5) is 0 Å². The van der Waals surface area contributed by atoms with Crippen LogP contribution in [0.1, 0.15) is 25.7 Å². The number of carboxylic acids is 1. The molecule has 5 heteroatoms. The summed E-state index contributed by atoms with van der Waals surface area (Å²) < 4.78 is 0. The van der Waals surface area contributed by atoms with Crippen molar-refractivity contribution in [3.63, 3.8) is 0 Å². The first-order valence-electron chi connectivity index (χ1n) is 6.05. The lowest BCUT2D eigenvalue weighted by atomic mass is 10.2. The van der Waals surface area contributed by atoms with Crippen LogP contribution in [0.3, 0.4) is 0 Å². The summed E-state index contributed by atoms with van der Waals surface area (Å²) in [6, 6.07) is 7.96. The Labute approximate surface area is 110 Å². The first-order valence-corrected chi connectivity index (χ1v) is 7.03. The van der Waals surface area contributed by atoms with Gasteiger partial charge in [0.2, 0.25) is 0 Å². The second kappa shape index (κ2) is 6.44. The van der Waals surface area contributed by atoms with Gasteiger partial charge in [0, 0.05) is 12.2 Å². The zero-order chi connectivity index (χ0) is 12.8. The van der Waals surface area contributed by atoms with Crippen LogP contribution in [0.5, 0.6) is 0 Å². The van der Waals surface area contributed by atoms with Gasteiger partial charge in [0.05, 0.1) is 11.0 Å². The van der Waals surface area contributed by atoms with E-state index in [4.69, 9.17) is 5.11 Å². The fourth-order valence-corrected chi connectivity index (χ4v) is 2.61. The van der Waals surface area contributed by atoms with Crippen LogP contribution in [0.15, 0.2) is 29.4 Å². The van der Waals surface area contributed by atoms with Gasteiger partial charge in [0.1, 0.15) is 0 Å². The van der Waals surface area contributed by atoms with Crippen LogP contribution in [-0.2, 0) is 4.79 Å². The Kier molecular flexibility index (Phi) is 4.64. The standard InChI is InChI=1S/C13H16N2O2S/c16-12(17)8-2-1-5-9-18-13-14-10-6-3-4-7-11(10)15-13/h3-4,6-7H,1-2,5,8-9H2,(H,14,15)(H,16,17). The molecule has 0 saturated carbocycles. The zero-order valence-corrected chi connectivity index (χ0v) is 10.9. The molecule has 0 aliphatic carbocycles. The molecule has 0 bridgehead atoms. The smallest absolute Gasteiger partial charge is 0.303 e. The molecule has 96 valence electrons. The normalized spacial score (nSPS) is 10.9. The van der Waals surface area contributed by atoms with Crippen molar-refractivity contribution in [2.75, 3.05) is 5.75 Å². The summed E-state index contributed by atoms with van der Waals surface area (Å²) in [5.74, 6) is 0.263. The summed E-state index contributed by atoms with van der Waals surface area (Å²) in [5.41, 5.74) is 2.05. The number of rotatable bonds is 7. The van der Waals surface area contributed by atoms with Gasteiger partial charge in [-0.15, -0.1) is 0 Å². The molecule has 0 amide bonds. The molecule has 0 saturated heterocycles. The first kappa shape index (κ1) is 13.0. The number of hydrogen-bond acceptors (Lipinski definition) is 3. The Bertz CT molecular complexity index is 491. The number of aromatic nitrogens is 2. The van der Waals surface area contributed by atoms with Crippen molar-refractivity contribution in [1.29, 1.82) is 0 Å². The summed E-state index contributed by atoms with van der Waals surface area (Å²) in [4.78, 5) is 18.1. The molecule has 2 aromatic rings. The van der Waals surface area contributed by atoms with Gasteiger partial charge >= 0.3 is 5.97 Å². The highest BCUT2D eigenvalue weighted by atomic mass is 32.2. The van der Waals surface area contributed by atoms with Gasteiger partial charge in [0.25, 0.3) is 0 Å². The van der Waals surface area contributed by atoms with E-state index >= 15 is 0 Å². The molecule has 0 atom stereocenters. The van der Waals surface area contributed by atoms with Crippen molar-refractivity contribution < 1.29 is 9.90 Å². The van der Waals surface area contributed by atoms with E-state index in [1.165, 1.54) is 0 Å². The van der Waals surface area contributed by atoms with Gasteiger partial charge in [-0.1, -0.05) is 30.3 Å². The van der Waals surface area contributed by atoms with Gasteiger partial charge < -0.3 is 10.1 Å². The maximum atomic E-state index is 10.3. The quantitative estimate of drug-likeness (QED) is 0.595. The number of aliphatic carboxylic acids is 1. The molecule has 4 nitrogen and oxygen atoms in total. The van der Waals surface area contributed by atoms with Crippen molar-refractivity contribution in [2.45, 2.75) is 30.8 Å². The van der Waals surface area contributed by atoms with Crippen LogP contribution in [0.25, 0.3) is 11.0 Å². The van der Waals surface area contributed by atoms with Crippen molar-refractivity contribution in [1.82, 2.24) is 9.97 Å². The average molecular weight is 264 g/mol. The lowest BCUT2D eigenvalue weighted by molar-refractivity contribution is -0.137. The third-order valence-corrected chi connectivity index (χ3v) is 3.60. The van der Waals surface area contributed by atoms with E-state index < -0.39 is 5.97 Å². The minimum atomic E-state index is -0.708. The minimum Gasteiger partial charge on any atom is -0.481 e. The summed E-state index contributed by atoms with van der Waals surface area (Å²) in [6.45, 7) is 0. The van der Waals surface area contributed by atoms with Gasteiger partial charge in [-0.3, -0.25) is 4.79 Å². The molecule has 0 aliphatic rings. The molecular formula is C13H16N2O2S. The minimum absolute atomic E-state index is 0.273. The Hall–Kier alpha value is -1.49. The Morgan fingerprint density at radius 3 is 2.89 bits per heavy atom. The maximum Gasteiger partial charge on any atom is 0.303 e. The Balaban J connectivity index is 1.72. The van der Waals surface area contributed by atoms with Crippen LogP contribution < -0.4 is 0 Å². The Morgan fingerprint density at radius 2 is 2.11 bits per heavy atom. The number of benzene rings is 1. The number of imidazole rings is 1. The van der Waals surface area contributed by atoms with E-state index in [-0.39, 0.29) is 6.42 Å². The lowest BCUT2D eigenvalue weighted by Crippen LogP contribution is -1.93. The highest BCUT2D eigenvalue weighted by Crippen LogP contribution is 2.20. The summed E-state index contributed by atoms with van der Waals surface area (Å²) >= 11 is 1.69. The van der Waals surface area contributed by atoms with E-state index in [0.717, 1.165) is 41.2 Å². The largest absolute Gasteiger partial charge is 0.481 e. The van der Waals surface area contributed by atoms with Crippen molar-refractivity contribution >= 4 is 28.8 Å². The zero-order valence-electron chi connectivity index (χ0n) is 10.1. The third kappa shape index (κ3) is 3.77. The molecule has 0 fully saturated rings. The number of para-hydroxylation sites is 2. The first-order chi connectivity index (χ1) is 8.75. The summed E-state index contributed by atoms with van der Waals surface area (Å²) in [7, 11) is 0. The average Bonchev–Trinajstić information content (AvgIpc) is 2.75. The van der Waals surface area contributed by atoms with E-state index in [1.807, 2.05) is 24.3 Å². The van der Waals surface area contributed by atoms with Gasteiger partial charge in [-0.25, -0.2) is 4.98 Å². The van der Waals surface area contributed by atoms with Gasteiger partial charge in [-0.2, -0.15) is 0 Å². The van der Waals surface area contributed by atoms with E-state index in [9.17, 15) is 4.79 Å². The fourth-order valence-electron chi connectivity index (χ4n) is 1.72. The number of nitrogens with one attached hydrogen (secondary N) is 1. The molecule has 0 radical (unpaired) electrons. The fraction of sp³-hybridized carbons (Fsp3) is 0.385. The molecule has 2 N–H and O–H groups in total. The molecule has 0 spiro atoms. The van der Waals surface area contributed by atoms with Crippen molar-refractivity contribution in [3.05, 3.63) is 24.3 Å². The van der Waals surface area contributed by atoms with Crippen LogP contribution in [-0.4, -0.2) is 26.8 Å². The van der Waals surface area contributed by atoms with Crippen LogP contribution >= 0.6 is 11.8 Å². The molecular weight excluding hydrogens is 248 g/mol. The molecule has 1 aromatic heterocycles. The second-order valence-corrected chi connectivity index (χ2v) is 5.20. The highest BCUT2D eigenvalue weighted by molar-refractivity contribution is 7.99. The van der Waals surface area contributed by atoms with E-state index in [2.05, 4.69) is 9.97 Å². The molecule has 2 rings (SSSR count). The number of aromatic amines is 1. The molecule has 0 unspecified atom stereocenters. The number of unbranched alkanes of at least 4 members (excludes halogenated alkanes) is 2. The molecule has 18 heavy (non-hydrogen) atoms. The van der Waals surface area contributed by atoms with E-state index in [0.29, 0.717) is 0 Å². The van der Waals surface area contributed by atoms with Crippen molar-refractivity contribution in [2.24, 2.45) is 0 Å². The van der Waals surface area contributed by atoms with Crippen LogP contribution in [0.2, 0.25) is 0 Å². The predicted molar refractivity (Wildman–Crippen MR) is 72.9 cm³/mol. The topological polar surface area (TPSA) is 66.0 Å². The van der Waals surface area contributed by atoms with Crippen LogP contribution in [0, 0.1) is 0 Å². The highest BCUT2D eigenvalue weighted by Gasteiger charge is 2.02. The number of fused-ring (bicyclic) bond motifs is 1. The lowest BCUT2D eigenvalue weighted by Gasteiger charge is -1.97. The molecule has 1 aromatic carbocycles. The van der Waals surface area contributed by atoms with Gasteiger partial charge in [0.15, 0.2) is 5.16 Å². The van der Waals surface area contributed by atoms with Crippen molar-refractivity contribution in [3.8, 4) is 0 Å². The third-order valence-electron chi connectivity index (χ3n) is 2.64. The number of hydrogen-bond donors (Lipinski definition) is 2. The maximum absolute atomic E-state index is 10.3. The summed E-state index contributed by atoms with van der Waals surface area (Å²) in [6.07, 6.45) is 3.01. The number of carbonyl (C=O) groups is 1. The molecule has 1 heterocycles. The number of nitrogens with zero attached hydrogens (tertiary/aromatic N) is 1. The SMILES string of the molecule is O=C(O)CCCCCSc1nc2ccccc2[nH]1. The predicted octanol–water partition coefficient (Wildman–Crippen LogP) is 3.30. The monoisotopic (exact) mass is 264 g/mol. The van der Waals surface area contributed by atoms with E-state index in [1.54, 1.807) is 11.8 Å². The summed E-state index contributed by atoms with van der Waals surface area (Å²) in [5, 5.41) is 9.45. The van der Waals surface area contributed by atoms with Gasteiger partial charge in [-0.05, 0) is 25.0 Å². The Morgan fingerprint density at radius 1 is 1.28 bits per heavy atom. The second-order valence-electron chi connectivity index (χ2n) is 4.11. The number of H-pyrrole nitrogens is 1. The number of thioether (sulfide) groups is 1.